The molecule has 2 aromatic rings. The molecule has 0 aromatic heterocycles. The highest BCUT2D eigenvalue weighted by Gasteiger charge is 2.27. The van der Waals surface area contributed by atoms with Crippen molar-refractivity contribution in [1.82, 2.24) is 15.1 Å². The van der Waals surface area contributed by atoms with E-state index in [-0.39, 0.29) is 29.6 Å². The maximum absolute atomic E-state index is 13.9. The van der Waals surface area contributed by atoms with Crippen LogP contribution < -0.4 is 10.1 Å². The predicted molar refractivity (Wildman–Crippen MR) is 121 cm³/mol. The first kappa shape index (κ1) is 23.2. The van der Waals surface area contributed by atoms with Crippen molar-refractivity contribution in [3.8, 4) is 5.75 Å². The van der Waals surface area contributed by atoms with E-state index in [2.05, 4.69) is 34.2 Å². The van der Waals surface area contributed by atoms with Crippen LogP contribution in [0.5, 0.6) is 5.75 Å². The number of carbonyl (C=O) groups excluding carboxylic acids is 1. The molecule has 1 heterocycles. The van der Waals surface area contributed by atoms with Crippen molar-refractivity contribution in [3.63, 3.8) is 0 Å². The number of halogens is 1. The molecule has 0 aliphatic carbocycles. The zero-order valence-corrected chi connectivity index (χ0v) is 18.8. The summed E-state index contributed by atoms with van der Waals surface area (Å²) in [7, 11) is 1.47. The number of methoxy groups -OCH3 is 1. The minimum absolute atomic E-state index is 0.0485. The molecule has 2 aromatic carbocycles. The lowest BCUT2D eigenvalue weighted by Gasteiger charge is -2.38. The molecule has 1 saturated heterocycles. The van der Waals surface area contributed by atoms with Gasteiger partial charge >= 0.3 is 0 Å². The highest BCUT2D eigenvalue weighted by atomic mass is 19.1. The first-order valence-electron chi connectivity index (χ1n) is 11.2. The van der Waals surface area contributed by atoms with Gasteiger partial charge < -0.3 is 10.1 Å². The van der Waals surface area contributed by atoms with Gasteiger partial charge in [-0.25, -0.2) is 4.39 Å². The van der Waals surface area contributed by atoms with Gasteiger partial charge in [-0.1, -0.05) is 49.7 Å². The molecule has 1 N–H and O–H groups in total. The van der Waals surface area contributed by atoms with E-state index < -0.39 is 0 Å². The Morgan fingerprint density at radius 3 is 2.45 bits per heavy atom. The van der Waals surface area contributed by atoms with Gasteiger partial charge in [0.1, 0.15) is 0 Å². The van der Waals surface area contributed by atoms with Gasteiger partial charge in [-0.3, -0.25) is 14.6 Å². The summed E-state index contributed by atoms with van der Waals surface area (Å²) in [5.41, 5.74) is 2.09. The Morgan fingerprint density at radius 1 is 1.13 bits per heavy atom. The van der Waals surface area contributed by atoms with E-state index in [1.54, 1.807) is 12.1 Å². The first-order valence-corrected chi connectivity index (χ1v) is 11.2. The fraction of sp³-hybridized carbons (Fsp3) is 0.480. The monoisotopic (exact) mass is 427 g/mol. The summed E-state index contributed by atoms with van der Waals surface area (Å²) < 4.78 is 18.9. The molecule has 5 nitrogen and oxygen atoms in total. The normalized spacial score (nSPS) is 17.2. The summed E-state index contributed by atoms with van der Waals surface area (Å²) in [5, 5.41) is 3.25. The molecule has 0 radical (unpaired) electrons. The molecular weight excluding hydrogens is 393 g/mol. The number of ether oxygens (including phenoxy) is 1. The summed E-state index contributed by atoms with van der Waals surface area (Å²) in [6.45, 7) is 8.15. The third kappa shape index (κ3) is 6.28. The Morgan fingerprint density at radius 2 is 1.84 bits per heavy atom. The molecule has 168 valence electrons. The highest BCUT2D eigenvalue weighted by molar-refractivity contribution is 5.81. The smallest absolute Gasteiger partial charge is 0.237 e. The molecule has 1 aliphatic rings. The summed E-state index contributed by atoms with van der Waals surface area (Å²) in [6, 6.07) is 15.2. The van der Waals surface area contributed by atoms with Crippen molar-refractivity contribution >= 4 is 5.91 Å². The lowest BCUT2D eigenvalue weighted by Crippen LogP contribution is -2.53. The molecule has 0 bridgehead atoms. The second-order valence-corrected chi connectivity index (χ2v) is 8.22. The van der Waals surface area contributed by atoms with E-state index in [0.29, 0.717) is 6.54 Å². The Bertz CT molecular complexity index is 838. The first-order chi connectivity index (χ1) is 15.0. The van der Waals surface area contributed by atoms with Gasteiger partial charge in [0.2, 0.25) is 5.91 Å². The van der Waals surface area contributed by atoms with Crippen molar-refractivity contribution in [3.05, 3.63) is 65.5 Å². The number of hydrogen-bond acceptors (Lipinski definition) is 4. The number of carbonyl (C=O) groups is 1. The number of nitrogens with zero attached hydrogens (tertiary/aromatic N) is 2. The third-order valence-electron chi connectivity index (χ3n) is 6.05. The predicted octanol–water partition coefficient (Wildman–Crippen LogP) is 4.00. The van der Waals surface area contributed by atoms with Crippen molar-refractivity contribution in [2.45, 2.75) is 45.3 Å². The van der Waals surface area contributed by atoms with Crippen LogP contribution in [-0.4, -0.2) is 55.0 Å². The molecule has 31 heavy (non-hydrogen) atoms. The zero-order chi connectivity index (χ0) is 22.2. The third-order valence-corrected chi connectivity index (χ3v) is 6.05. The molecule has 1 aliphatic heterocycles. The van der Waals surface area contributed by atoms with Crippen LogP contribution in [0.4, 0.5) is 4.39 Å². The van der Waals surface area contributed by atoms with E-state index >= 15 is 0 Å². The number of amides is 1. The maximum Gasteiger partial charge on any atom is 0.237 e. The Hall–Kier alpha value is -2.44. The molecule has 0 saturated carbocycles. The largest absolute Gasteiger partial charge is 0.494 e. The minimum atomic E-state index is -0.330. The second kappa shape index (κ2) is 11.3. The topological polar surface area (TPSA) is 44.8 Å². The van der Waals surface area contributed by atoms with Crippen LogP contribution in [0.15, 0.2) is 48.5 Å². The Labute approximate surface area is 185 Å². The van der Waals surface area contributed by atoms with Crippen LogP contribution in [0, 0.1) is 5.82 Å². The quantitative estimate of drug-likeness (QED) is 0.657. The van der Waals surface area contributed by atoms with Crippen molar-refractivity contribution < 1.29 is 13.9 Å². The second-order valence-electron chi connectivity index (χ2n) is 8.22. The van der Waals surface area contributed by atoms with Gasteiger partial charge in [-0.2, -0.15) is 0 Å². The highest BCUT2D eigenvalue weighted by Crippen LogP contribution is 2.21. The molecule has 1 amide bonds. The van der Waals surface area contributed by atoms with Crippen LogP contribution in [0.3, 0.4) is 0 Å². The van der Waals surface area contributed by atoms with E-state index in [0.717, 1.165) is 50.1 Å². The average Bonchev–Trinajstić information content (AvgIpc) is 2.79. The lowest BCUT2D eigenvalue weighted by atomic mass is 10.0. The van der Waals surface area contributed by atoms with Crippen molar-refractivity contribution in [2.75, 3.05) is 33.3 Å². The van der Waals surface area contributed by atoms with Crippen LogP contribution in [0.25, 0.3) is 0 Å². The van der Waals surface area contributed by atoms with Crippen LogP contribution in [-0.2, 0) is 11.3 Å². The van der Waals surface area contributed by atoms with Gasteiger partial charge in [0.15, 0.2) is 11.6 Å². The molecule has 0 spiro atoms. The van der Waals surface area contributed by atoms with Gasteiger partial charge in [-0.15, -0.1) is 0 Å². The van der Waals surface area contributed by atoms with Crippen molar-refractivity contribution in [2.24, 2.45) is 0 Å². The number of benzene rings is 2. The zero-order valence-electron chi connectivity index (χ0n) is 18.8. The summed E-state index contributed by atoms with van der Waals surface area (Å²) in [5.74, 6) is 0.0160. The number of rotatable bonds is 9. The van der Waals surface area contributed by atoms with E-state index in [1.165, 1.54) is 7.11 Å². The maximum atomic E-state index is 13.9. The van der Waals surface area contributed by atoms with Gasteiger partial charge in [0, 0.05) is 32.7 Å². The minimum Gasteiger partial charge on any atom is -0.494 e. The Balaban J connectivity index is 1.51. The van der Waals surface area contributed by atoms with E-state index in [4.69, 9.17) is 4.74 Å². The van der Waals surface area contributed by atoms with E-state index in [1.807, 2.05) is 31.2 Å². The molecular formula is C25H34FN3O2. The molecule has 1 fully saturated rings. The molecule has 0 unspecified atom stereocenters. The summed E-state index contributed by atoms with van der Waals surface area (Å²) in [6.07, 6.45) is 1.94. The van der Waals surface area contributed by atoms with Gasteiger partial charge in [0.05, 0.1) is 19.2 Å². The number of hydrogen-bond donors (Lipinski definition) is 1. The average molecular weight is 428 g/mol. The fourth-order valence-electron chi connectivity index (χ4n) is 4.13. The standard InChI is InChI=1S/C25H34FN3O2/c1-4-8-23(21-9-6-5-7-10-21)27-25(30)19(2)29-15-13-28(14-16-29)18-20-11-12-24(31-3)22(26)17-20/h5-7,9-12,17,19,23H,4,8,13-16,18H2,1-3H3,(H,27,30)/t19-,23-/m1/s1. The SMILES string of the molecule is CCC[C@@H](NC(=O)[C@@H](C)N1CCN(Cc2ccc(OC)c(F)c2)CC1)c1ccccc1. The van der Waals surface area contributed by atoms with Crippen LogP contribution in [0.1, 0.15) is 43.9 Å². The van der Waals surface area contributed by atoms with Crippen LogP contribution in [0.2, 0.25) is 0 Å². The van der Waals surface area contributed by atoms with Crippen molar-refractivity contribution in [1.29, 1.82) is 0 Å². The number of nitrogens with one attached hydrogen (secondary N) is 1. The molecule has 3 rings (SSSR count). The van der Waals surface area contributed by atoms with Gasteiger partial charge in [0.25, 0.3) is 0 Å². The van der Waals surface area contributed by atoms with E-state index in [9.17, 15) is 9.18 Å². The lowest BCUT2D eigenvalue weighted by molar-refractivity contribution is -0.127. The van der Waals surface area contributed by atoms with Crippen LogP contribution >= 0.6 is 0 Å². The number of piperazine rings is 1. The molecule has 6 heteroatoms. The summed E-state index contributed by atoms with van der Waals surface area (Å²) >= 11 is 0. The van der Waals surface area contributed by atoms with Gasteiger partial charge in [-0.05, 0) is 36.6 Å². The summed E-state index contributed by atoms with van der Waals surface area (Å²) in [4.78, 5) is 17.5. The Kier molecular flexibility index (Phi) is 8.43. The molecule has 2 atom stereocenters. The fourth-order valence-corrected chi connectivity index (χ4v) is 4.13.